The Bertz CT molecular complexity index is 220. The molecule has 1 fully saturated rings. The summed E-state index contributed by atoms with van der Waals surface area (Å²) in [5, 5.41) is 0. The Morgan fingerprint density at radius 1 is 1.14 bits per heavy atom. The minimum atomic E-state index is -0.00931. The number of rotatable bonds is 3. The standard InChI is InChI=1S/C10H18N2O2/c1-3-9(13)8-10(14)12-6-4-11(2)5-7-12/h3-8H2,1-2H3. The summed E-state index contributed by atoms with van der Waals surface area (Å²) in [7, 11) is 2.04. The third kappa shape index (κ3) is 3.10. The number of ketones is 1. The Morgan fingerprint density at radius 3 is 2.21 bits per heavy atom. The van der Waals surface area contributed by atoms with E-state index < -0.39 is 0 Å². The van der Waals surface area contributed by atoms with Crippen molar-refractivity contribution in [2.24, 2.45) is 0 Å². The maximum atomic E-state index is 11.6. The first-order valence-electron chi connectivity index (χ1n) is 5.11. The molecular weight excluding hydrogens is 180 g/mol. The average molecular weight is 198 g/mol. The molecule has 0 atom stereocenters. The summed E-state index contributed by atoms with van der Waals surface area (Å²) in [5.41, 5.74) is 0. The average Bonchev–Trinajstić information content (AvgIpc) is 2.18. The lowest BCUT2D eigenvalue weighted by molar-refractivity contribution is -0.136. The highest BCUT2D eigenvalue weighted by Crippen LogP contribution is 2.02. The molecule has 0 radical (unpaired) electrons. The van der Waals surface area contributed by atoms with Crippen LogP contribution in [0.2, 0.25) is 0 Å². The highest BCUT2D eigenvalue weighted by Gasteiger charge is 2.20. The van der Waals surface area contributed by atoms with E-state index >= 15 is 0 Å². The second-order valence-electron chi connectivity index (χ2n) is 3.75. The first-order chi connectivity index (χ1) is 6.63. The maximum absolute atomic E-state index is 11.6. The number of carbonyl (C=O) groups excluding carboxylic acids is 2. The Hall–Kier alpha value is -0.900. The van der Waals surface area contributed by atoms with Gasteiger partial charge in [0.1, 0.15) is 5.78 Å². The summed E-state index contributed by atoms with van der Waals surface area (Å²) in [5.74, 6) is 0.0267. The van der Waals surface area contributed by atoms with E-state index in [1.54, 1.807) is 11.8 Å². The van der Waals surface area contributed by atoms with E-state index in [4.69, 9.17) is 0 Å². The molecule has 1 rings (SSSR count). The summed E-state index contributed by atoms with van der Waals surface area (Å²) < 4.78 is 0. The molecule has 1 aliphatic heterocycles. The molecule has 0 aliphatic carbocycles. The minimum absolute atomic E-state index is 0.00931. The zero-order valence-corrected chi connectivity index (χ0v) is 8.95. The molecule has 14 heavy (non-hydrogen) atoms. The molecule has 1 saturated heterocycles. The second-order valence-corrected chi connectivity index (χ2v) is 3.75. The van der Waals surface area contributed by atoms with Gasteiger partial charge in [-0.1, -0.05) is 6.92 Å². The van der Waals surface area contributed by atoms with Gasteiger partial charge in [0.15, 0.2) is 0 Å². The van der Waals surface area contributed by atoms with Crippen LogP contribution in [0.4, 0.5) is 0 Å². The highest BCUT2D eigenvalue weighted by molar-refractivity contribution is 5.97. The van der Waals surface area contributed by atoms with E-state index in [0.717, 1.165) is 26.2 Å². The Labute approximate surface area is 84.9 Å². The smallest absolute Gasteiger partial charge is 0.230 e. The topological polar surface area (TPSA) is 40.6 Å². The first kappa shape index (κ1) is 11.2. The van der Waals surface area contributed by atoms with Gasteiger partial charge in [0, 0.05) is 32.6 Å². The van der Waals surface area contributed by atoms with Crippen LogP contribution < -0.4 is 0 Å². The van der Waals surface area contributed by atoms with Crippen LogP contribution in [0.1, 0.15) is 19.8 Å². The van der Waals surface area contributed by atoms with Gasteiger partial charge in [0.05, 0.1) is 6.42 Å². The van der Waals surface area contributed by atoms with Gasteiger partial charge in [-0.2, -0.15) is 0 Å². The minimum Gasteiger partial charge on any atom is -0.340 e. The van der Waals surface area contributed by atoms with Crippen LogP contribution in [0.3, 0.4) is 0 Å². The molecule has 0 spiro atoms. The van der Waals surface area contributed by atoms with Gasteiger partial charge in [0.2, 0.25) is 5.91 Å². The fraction of sp³-hybridized carbons (Fsp3) is 0.800. The van der Waals surface area contributed by atoms with Crippen molar-refractivity contribution in [2.75, 3.05) is 33.2 Å². The van der Waals surface area contributed by atoms with Gasteiger partial charge in [-0.05, 0) is 7.05 Å². The van der Waals surface area contributed by atoms with E-state index in [9.17, 15) is 9.59 Å². The van der Waals surface area contributed by atoms with Gasteiger partial charge in [0.25, 0.3) is 0 Å². The molecule has 0 aromatic carbocycles. The number of amides is 1. The monoisotopic (exact) mass is 198 g/mol. The molecular formula is C10H18N2O2. The van der Waals surface area contributed by atoms with Gasteiger partial charge in [-0.15, -0.1) is 0 Å². The molecule has 4 nitrogen and oxygen atoms in total. The van der Waals surface area contributed by atoms with E-state index in [0.29, 0.717) is 6.42 Å². The van der Waals surface area contributed by atoms with Crippen molar-refractivity contribution in [3.8, 4) is 0 Å². The van der Waals surface area contributed by atoms with Crippen LogP contribution in [-0.4, -0.2) is 54.7 Å². The van der Waals surface area contributed by atoms with Crippen molar-refractivity contribution in [2.45, 2.75) is 19.8 Å². The number of Topliss-reactive ketones (excluding diaryl/α,β-unsaturated/α-hetero) is 1. The van der Waals surface area contributed by atoms with Crippen LogP contribution in [0.15, 0.2) is 0 Å². The van der Waals surface area contributed by atoms with Crippen LogP contribution in [0.25, 0.3) is 0 Å². The third-order valence-corrected chi connectivity index (χ3v) is 2.60. The number of piperazine rings is 1. The molecule has 0 saturated carbocycles. The quantitative estimate of drug-likeness (QED) is 0.605. The zero-order valence-electron chi connectivity index (χ0n) is 8.95. The van der Waals surface area contributed by atoms with Crippen molar-refractivity contribution in [1.29, 1.82) is 0 Å². The molecule has 0 bridgehead atoms. The summed E-state index contributed by atoms with van der Waals surface area (Å²) in [6.45, 7) is 5.12. The molecule has 0 aromatic rings. The lowest BCUT2D eigenvalue weighted by atomic mass is 10.2. The maximum Gasteiger partial charge on any atom is 0.230 e. The van der Waals surface area contributed by atoms with Crippen molar-refractivity contribution in [3.05, 3.63) is 0 Å². The second kappa shape index (κ2) is 5.10. The van der Waals surface area contributed by atoms with Crippen molar-refractivity contribution < 1.29 is 9.59 Å². The molecule has 0 aromatic heterocycles. The van der Waals surface area contributed by atoms with Crippen molar-refractivity contribution >= 4 is 11.7 Å². The van der Waals surface area contributed by atoms with Crippen LogP contribution >= 0.6 is 0 Å². The SMILES string of the molecule is CCC(=O)CC(=O)N1CCN(C)CC1. The number of hydrogen-bond acceptors (Lipinski definition) is 3. The molecule has 1 aliphatic rings. The van der Waals surface area contributed by atoms with Crippen LogP contribution in [0.5, 0.6) is 0 Å². The predicted molar refractivity (Wildman–Crippen MR) is 54.0 cm³/mol. The molecule has 4 heteroatoms. The lowest BCUT2D eigenvalue weighted by Crippen LogP contribution is -2.47. The Balaban J connectivity index is 2.34. The normalized spacial score (nSPS) is 18.3. The fourth-order valence-corrected chi connectivity index (χ4v) is 1.46. The number of likely N-dealkylation sites (N-methyl/N-ethyl adjacent to an activating group) is 1. The van der Waals surface area contributed by atoms with Gasteiger partial charge in [-0.25, -0.2) is 0 Å². The molecule has 80 valence electrons. The summed E-state index contributed by atoms with van der Waals surface area (Å²) >= 11 is 0. The number of nitrogens with zero attached hydrogens (tertiary/aromatic N) is 2. The largest absolute Gasteiger partial charge is 0.340 e. The van der Waals surface area contributed by atoms with Gasteiger partial charge < -0.3 is 9.80 Å². The number of hydrogen-bond donors (Lipinski definition) is 0. The van der Waals surface area contributed by atoms with Crippen LogP contribution in [0, 0.1) is 0 Å². The molecule has 0 unspecified atom stereocenters. The van der Waals surface area contributed by atoms with E-state index in [-0.39, 0.29) is 18.1 Å². The summed E-state index contributed by atoms with van der Waals surface area (Å²) in [4.78, 5) is 26.6. The zero-order chi connectivity index (χ0) is 10.6. The van der Waals surface area contributed by atoms with Crippen LogP contribution in [-0.2, 0) is 9.59 Å². The number of carbonyl (C=O) groups is 2. The molecule has 1 heterocycles. The molecule has 0 N–H and O–H groups in total. The van der Waals surface area contributed by atoms with Crippen molar-refractivity contribution in [3.63, 3.8) is 0 Å². The van der Waals surface area contributed by atoms with Gasteiger partial charge in [-0.3, -0.25) is 9.59 Å². The fourth-order valence-electron chi connectivity index (χ4n) is 1.46. The van der Waals surface area contributed by atoms with Crippen molar-refractivity contribution in [1.82, 2.24) is 9.80 Å². The summed E-state index contributed by atoms with van der Waals surface area (Å²) in [6.07, 6.45) is 0.541. The van der Waals surface area contributed by atoms with Gasteiger partial charge >= 0.3 is 0 Å². The predicted octanol–water partition coefficient (Wildman–Crippen LogP) is 0.130. The third-order valence-electron chi connectivity index (χ3n) is 2.60. The Kier molecular flexibility index (Phi) is 4.07. The Morgan fingerprint density at radius 2 is 1.71 bits per heavy atom. The molecule has 1 amide bonds. The van der Waals surface area contributed by atoms with E-state index in [2.05, 4.69) is 4.90 Å². The lowest BCUT2D eigenvalue weighted by Gasteiger charge is -2.32. The van der Waals surface area contributed by atoms with E-state index in [1.165, 1.54) is 0 Å². The summed E-state index contributed by atoms with van der Waals surface area (Å²) in [6, 6.07) is 0. The highest BCUT2D eigenvalue weighted by atomic mass is 16.2. The first-order valence-corrected chi connectivity index (χ1v) is 5.11. The van der Waals surface area contributed by atoms with E-state index in [1.807, 2.05) is 7.05 Å².